The van der Waals surface area contributed by atoms with Crippen molar-refractivity contribution in [2.45, 2.75) is 69.9 Å². The van der Waals surface area contributed by atoms with Gasteiger partial charge in [-0.1, -0.05) is 37.6 Å². The van der Waals surface area contributed by atoms with Crippen molar-refractivity contribution in [3.63, 3.8) is 0 Å². The second kappa shape index (κ2) is 6.10. The van der Waals surface area contributed by atoms with E-state index in [2.05, 4.69) is 43.0 Å². The first-order valence-corrected chi connectivity index (χ1v) is 8.76. The number of hydrogen-bond acceptors (Lipinski definition) is 2. The van der Waals surface area contributed by atoms with Crippen LogP contribution in [0.1, 0.15) is 75.5 Å². The van der Waals surface area contributed by atoms with Gasteiger partial charge in [-0.2, -0.15) is 0 Å². The maximum absolute atomic E-state index is 6.84. The lowest BCUT2D eigenvalue weighted by molar-refractivity contribution is 0.0993. The molecule has 2 unspecified atom stereocenters. The minimum Gasteiger partial charge on any atom is -0.322 e. The third kappa shape index (κ3) is 2.64. The number of nitrogens with two attached hydrogens (primary N) is 1. The normalized spacial score (nSPS) is 24.5. The summed E-state index contributed by atoms with van der Waals surface area (Å²) in [6.07, 6.45) is 7.84. The van der Waals surface area contributed by atoms with Gasteiger partial charge in [0.25, 0.3) is 0 Å². The van der Waals surface area contributed by atoms with E-state index < -0.39 is 0 Å². The topological polar surface area (TPSA) is 29.3 Å². The van der Waals surface area contributed by atoms with Crippen LogP contribution < -0.4 is 5.73 Å². The smallest absolute Gasteiger partial charge is 0.0482 e. The molecule has 1 heterocycles. The van der Waals surface area contributed by atoms with Crippen LogP contribution in [0.5, 0.6) is 0 Å². The molecule has 2 heteroatoms. The summed E-state index contributed by atoms with van der Waals surface area (Å²) in [5.41, 5.74) is 9.86. The number of nitrogens with zero attached hydrogens (tertiary/aromatic N) is 1. The van der Waals surface area contributed by atoms with E-state index in [9.17, 15) is 0 Å². The summed E-state index contributed by atoms with van der Waals surface area (Å²) in [5.74, 6) is 0.756. The Labute approximate surface area is 129 Å². The van der Waals surface area contributed by atoms with Crippen LogP contribution in [-0.4, -0.2) is 23.5 Å². The van der Waals surface area contributed by atoms with E-state index in [0.717, 1.165) is 12.3 Å². The zero-order valence-electron chi connectivity index (χ0n) is 13.6. The van der Waals surface area contributed by atoms with Crippen LogP contribution in [0.3, 0.4) is 0 Å². The third-order valence-corrected chi connectivity index (χ3v) is 6.09. The number of benzene rings is 1. The van der Waals surface area contributed by atoms with Crippen molar-refractivity contribution in [2.24, 2.45) is 5.73 Å². The van der Waals surface area contributed by atoms with Gasteiger partial charge in [0.15, 0.2) is 0 Å². The summed E-state index contributed by atoms with van der Waals surface area (Å²) in [5, 5.41) is 0. The van der Waals surface area contributed by atoms with E-state index in [4.69, 9.17) is 5.73 Å². The first-order chi connectivity index (χ1) is 10.2. The fourth-order valence-corrected chi connectivity index (χ4v) is 4.09. The molecule has 0 bridgehead atoms. The van der Waals surface area contributed by atoms with Crippen molar-refractivity contribution < 1.29 is 0 Å². The third-order valence-electron chi connectivity index (χ3n) is 6.09. The van der Waals surface area contributed by atoms with Gasteiger partial charge in [0.1, 0.15) is 0 Å². The molecule has 0 spiro atoms. The van der Waals surface area contributed by atoms with E-state index in [-0.39, 0.29) is 11.6 Å². The Hall–Kier alpha value is -0.860. The standard InChI is InChI=1S/C19H30N2/c1-3-19(2,21-13-6-7-14-21)18(20)17-12-5-4-11-16(17)15-9-8-10-15/h4-5,11-12,15,18H,3,6-10,13-14,20H2,1-2H3. The minimum absolute atomic E-state index is 0.0936. The molecule has 2 N–H and O–H groups in total. The zero-order valence-corrected chi connectivity index (χ0v) is 13.6. The Bertz CT molecular complexity index is 474. The van der Waals surface area contributed by atoms with Crippen LogP contribution in [0.15, 0.2) is 24.3 Å². The summed E-state index contributed by atoms with van der Waals surface area (Å²) < 4.78 is 0. The van der Waals surface area contributed by atoms with Gasteiger partial charge in [0.05, 0.1) is 0 Å². The lowest BCUT2D eigenvalue weighted by Crippen LogP contribution is -2.52. The highest BCUT2D eigenvalue weighted by atomic mass is 15.2. The van der Waals surface area contributed by atoms with E-state index in [1.54, 1.807) is 0 Å². The van der Waals surface area contributed by atoms with Crippen LogP contribution in [0.4, 0.5) is 0 Å². The first-order valence-electron chi connectivity index (χ1n) is 8.76. The van der Waals surface area contributed by atoms with Crippen LogP contribution >= 0.6 is 0 Å². The summed E-state index contributed by atoms with van der Waals surface area (Å²) in [7, 11) is 0. The van der Waals surface area contributed by atoms with Gasteiger partial charge in [-0.15, -0.1) is 0 Å². The highest BCUT2D eigenvalue weighted by Crippen LogP contribution is 2.42. The minimum atomic E-state index is 0.0936. The summed E-state index contributed by atoms with van der Waals surface area (Å²) in [6.45, 7) is 7.10. The maximum Gasteiger partial charge on any atom is 0.0482 e. The van der Waals surface area contributed by atoms with E-state index >= 15 is 0 Å². The monoisotopic (exact) mass is 286 g/mol. The molecule has 1 saturated heterocycles. The van der Waals surface area contributed by atoms with Crippen molar-refractivity contribution in [2.75, 3.05) is 13.1 Å². The van der Waals surface area contributed by atoms with Crippen LogP contribution in [0.25, 0.3) is 0 Å². The molecule has 0 radical (unpaired) electrons. The largest absolute Gasteiger partial charge is 0.322 e. The molecule has 2 fully saturated rings. The van der Waals surface area contributed by atoms with Crippen molar-refractivity contribution in [3.8, 4) is 0 Å². The molecule has 1 aliphatic heterocycles. The number of likely N-dealkylation sites (tertiary alicyclic amines) is 1. The lowest BCUT2D eigenvalue weighted by Gasteiger charge is -2.44. The fourth-order valence-electron chi connectivity index (χ4n) is 4.09. The van der Waals surface area contributed by atoms with Gasteiger partial charge in [0, 0.05) is 11.6 Å². The second-order valence-corrected chi connectivity index (χ2v) is 7.14. The number of hydrogen-bond donors (Lipinski definition) is 1. The molecule has 0 amide bonds. The highest BCUT2D eigenvalue weighted by Gasteiger charge is 2.39. The predicted molar refractivity (Wildman–Crippen MR) is 89.5 cm³/mol. The molecule has 2 atom stereocenters. The van der Waals surface area contributed by atoms with Crippen LogP contribution in [-0.2, 0) is 0 Å². The molecule has 116 valence electrons. The molecule has 1 aromatic rings. The van der Waals surface area contributed by atoms with Gasteiger partial charge in [-0.3, -0.25) is 4.90 Å². The predicted octanol–water partition coefficient (Wildman–Crippen LogP) is 4.22. The SMILES string of the molecule is CCC(C)(C(N)c1ccccc1C1CCC1)N1CCCC1. The average Bonchev–Trinajstić information content (AvgIpc) is 2.99. The summed E-state index contributed by atoms with van der Waals surface area (Å²) in [6, 6.07) is 9.07. The molecule has 1 aliphatic carbocycles. The molecule has 3 rings (SSSR count). The van der Waals surface area contributed by atoms with Crippen LogP contribution in [0.2, 0.25) is 0 Å². The second-order valence-electron chi connectivity index (χ2n) is 7.14. The van der Waals surface area contributed by atoms with E-state index in [1.165, 1.54) is 56.3 Å². The van der Waals surface area contributed by atoms with Crippen molar-refractivity contribution in [1.29, 1.82) is 0 Å². The van der Waals surface area contributed by atoms with Gasteiger partial charge >= 0.3 is 0 Å². The molecule has 2 nitrogen and oxygen atoms in total. The Morgan fingerprint density at radius 3 is 2.43 bits per heavy atom. The van der Waals surface area contributed by atoms with Crippen molar-refractivity contribution >= 4 is 0 Å². The quantitative estimate of drug-likeness (QED) is 0.878. The van der Waals surface area contributed by atoms with Gasteiger partial charge in [0.2, 0.25) is 0 Å². The summed E-state index contributed by atoms with van der Waals surface area (Å²) >= 11 is 0. The van der Waals surface area contributed by atoms with E-state index in [1.807, 2.05) is 0 Å². The molecular formula is C19H30N2. The molecule has 21 heavy (non-hydrogen) atoms. The molecule has 2 aliphatic rings. The number of rotatable bonds is 5. The Kier molecular flexibility index (Phi) is 4.37. The maximum atomic E-state index is 6.84. The zero-order chi connectivity index (χ0) is 14.9. The van der Waals surface area contributed by atoms with Gasteiger partial charge in [-0.05, 0) is 69.2 Å². The molecular weight excluding hydrogens is 256 g/mol. The fraction of sp³-hybridized carbons (Fsp3) is 0.684. The van der Waals surface area contributed by atoms with Gasteiger partial charge < -0.3 is 5.73 Å². The van der Waals surface area contributed by atoms with Crippen molar-refractivity contribution in [3.05, 3.63) is 35.4 Å². The highest BCUT2D eigenvalue weighted by molar-refractivity contribution is 5.36. The summed E-state index contributed by atoms with van der Waals surface area (Å²) in [4.78, 5) is 2.63. The van der Waals surface area contributed by atoms with E-state index in [0.29, 0.717) is 0 Å². The first kappa shape index (κ1) is 15.1. The average molecular weight is 286 g/mol. The Morgan fingerprint density at radius 2 is 1.86 bits per heavy atom. The Morgan fingerprint density at radius 1 is 1.19 bits per heavy atom. The van der Waals surface area contributed by atoms with Crippen molar-refractivity contribution in [1.82, 2.24) is 4.90 Å². The Balaban J connectivity index is 1.90. The van der Waals surface area contributed by atoms with Gasteiger partial charge in [-0.25, -0.2) is 0 Å². The lowest BCUT2D eigenvalue weighted by atomic mass is 9.74. The van der Waals surface area contributed by atoms with Crippen LogP contribution in [0, 0.1) is 0 Å². The molecule has 1 aromatic carbocycles. The molecule has 0 aromatic heterocycles. The molecule has 1 saturated carbocycles.